The van der Waals surface area contributed by atoms with Crippen LogP contribution >= 0.6 is 15.9 Å². The van der Waals surface area contributed by atoms with Crippen LogP contribution in [0.4, 0.5) is 0 Å². The Morgan fingerprint density at radius 1 is 1.53 bits per heavy atom. The molecule has 3 unspecified atom stereocenters. The molecule has 1 aromatic rings. The van der Waals surface area contributed by atoms with Gasteiger partial charge in [-0.1, -0.05) is 6.92 Å². The van der Waals surface area contributed by atoms with Crippen molar-refractivity contribution in [1.29, 1.82) is 0 Å². The summed E-state index contributed by atoms with van der Waals surface area (Å²) in [7, 11) is 0. The quantitative estimate of drug-likeness (QED) is 0.892. The molecule has 1 aliphatic heterocycles. The molecule has 3 heteroatoms. The van der Waals surface area contributed by atoms with Gasteiger partial charge in [-0.3, -0.25) is 4.98 Å². The number of nitrogens with zero attached hydrogens (tertiary/aromatic N) is 1. The Morgan fingerprint density at radius 2 is 2.33 bits per heavy atom. The summed E-state index contributed by atoms with van der Waals surface area (Å²) >= 11 is 3.48. The van der Waals surface area contributed by atoms with Crippen LogP contribution < -0.4 is 5.32 Å². The lowest BCUT2D eigenvalue weighted by atomic mass is 9.91. The highest BCUT2D eigenvalue weighted by atomic mass is 79.9. The average Bonchev–Trinajstić information content (AvgIpc) is 2.59. The fourth-order valence-corrected chi connectivity index (χ4v) is 2.88. The summed E-state index contributed by atoms with van der Waals surface area (Å²) in [6, 6.07) is 3.43. The highest BCUT2D eigenvalue weighted by molar-refractivity contribution is 9.10. The molecule has 0 amide bonds. The number of hydrogen-bond acceptors (Lipinski definition) is 2. The largest absolute Gasteiger partial charge is 0.311 e. The number of hydrogen-bond donors (Lipinski definition) is 1. The molecule has 0 radical (unpaired) electrons. The van der Waals surface area contributed by atoms with Crippen LogP contribution in [0.1, 0.15) is 38.2 Å². The predicted octanol–water partition coefficient (Wildman–Crippen LogP) is 3.09. The third-order valence-electron chi connectivity index (χ3n) is 3.19. The van der Waals surface area contributed by atoms with Gasteiger partial charge in [0.05, 0.1) is 0 Å². The predicted molar refractivity (Wildman–Crippen MR) is 66.0 cm³/mol. The smallest absolute Gasteiger partial charge is 0.0410 e. The lowest BCUT2D eigenvalue weighted by Gasteiger charge is -2.17. The summed E-state index contributed by atoms with van der Waals surface area (Å²) < 4.78 is 1.08. The highest BCUT2D eigenvalue weighted by Crippen LogP contribution is 2.32. The second kappa shape index (κ2) is 4.62. The number of rotatable bonds is 2. The van der Waals surface area contributed by atoms with E-state index in [9.17, 15) is 0 Å². The number of nitrogens with one attached hydrogen (secondary N) is 1. The van der Waals surface area contributed by atoms with Gasteiger partial charge in [-0.25, -0.2) is 0 Å². The summed E-state index contributed by atoms with van der Waals surface area (Å²) in [5.41, 5.74) is 1.35. The first-order chi connectivity index (χ1) is 7.20. The molecule has 2 nitrogen and oxygen atoms in total. The van der Waals surface area contributed by atoms with Gasteiger partial charge in [0.15, 0.2) is 0 Å². The molecular formula is C12H17BrN2. The van der Waals surface area contributed by atoms with Crippen molar-refractivity contribution in [3.63, 3.8) is 0 Å². The van der Waals surface area contributed by atoms with Gasteiger partial charge in [0.1, 0.15) is 0 Å². The van der Waals surface area contributed by atoms with Gasteiger partial charge in [-0.2, -0.15) is 0 Å². The molecule has 2 heterocycles. The van der Waals surface area contributed by atoms with Crippen LogP contribution in [0.25, 0.3) is 0 Å². The van der Waals surface area contributed by atoms with E-state index < -0.39 is 0 Å². The van der Waals surface area contributed by atoms with Crippen LogP contribution in [0.15, 0.2) is 22.9 Å². The summed E-state index contributed by atoms with van der Waals surface area (Å²) in [5.74, 6) is 0.620. The van der Waals surface area contributed by atoms with Crippen molar-refractivity contribution in [3.8, 4) is 0 Å². The van der Waals surface area contributed by atoms with Crippen LogP contribution in [-0.2, 0) is 0 Å². The molecule has 1 N–H and O–H groups in total. The standard InChI is InChI=1S/C12H17BrN2/c1-3-12-11(4-8(2)15-12)9-5-10(13)7-14-6-9/h5-8,11-12,15H,3-4H2,1-2H3. The number of halogens is 1. The van der Waals surface area contributed by atoms with E-state index in [1.54, 1.807) is 0 Å². The van der Waals surface area contributed by atoms with Crippen LogP contribution in [0.3, 0.4) is 0 Å². The second-order valence-corrected chi connectivity index (χ2v) is 5.28. The Hall–Kier alpha value is -0.410. The lowest BCUT2D eigenvalue weighted by Crippen LogP contribution is -2.28. The third kappa shape index (κ3) is 2.40. The van der Waals surface area contributed by atoms with Crippen LogP contribution in [0.5, 0.6) is 0 Å². The van der Waals surface area contributed by atoms with E-state index in [1.165, 1.54) is 18.4 Å². The molecule has 82 valence electrons. The molecule has 0 spiro atoms. The maximum atomic E-state index is 4.25. The first kappa shape index (κ1) is 11.1. The summed E-state index contributed by atoms with van der Waals surface area (Å²) in [6.45, 7) is 4.50. The number of pyridine rings is 1. The van der Waals surface area contributed by atoms with Crippen LogP contribution in [0.2, 0.25) is 0 Å². The van der Waals surface area contributed by atoms with E-state index in [-0.39, 0.29) is 0 Å². The first-order valence-electron chi connectivity index (χ1n) is 5.57. The van der Waals surface area contributed by atoms with Gasteiger partial charge in [0, 0.05) is 34.9 Å². The minimum Gasteiger partial charge on any atom is -0.311 e. The summed E-state index contributed by atoms with van der Waals surface area (Å²) in [5, 5.41) is 3.63. The van der Waals surface area contributed by atoms with Crippen molar-refractivity contribution in [2.75, 3.05) is 0 Å². The Balaban J connectivity index is 2.22. The van der Waals surface area contributed by atoms with Crippen molar-refractivity contribution in [3.05, 3.63) is 28.5 Å². The van der Waals surface area contributed by atoms with Gasteiger partial charge in [0.2, 0.25) is 0 Å². The van der Waals surface area contributed by atoms with Gasteiger partial charge < -0.3 is 5.32 Å². The van der Waals surface area contributed by atoms with Crippen molar-refractivity contribution in [2.24, 2.45) is 0 Å². The summed E-state index contributed by atoms with van der Waals surface area (Å²) in [6.07, 6.45) is 6.24. The molecule has 3 atom stereocenters. The van der Waals surface area contributed by atoms with E-state index in [0.717, 1.165) is 4.47 Å². The van der Waals surface area contributed by atoms with E-state index in [4.69, 9.17) is 0 Å². The zero-order valence-corrected chi connectivity index (χ0v) is 10.8. The minimum absolute atomic E-state index is 0.607. The van der Waals surface area contributed by atoms with Gasteiger partial charge in [-0.05, 0) is 47.3 Å². The molecule has 1 aliphatic rings. The van der Waals surface area contributed by atoms with Crippen LogP contribution in [-0.4, -0.2) is 17.1 Å². The Morgan fingerprint density at radius 3 is 3.00 bits per heavy atom. The van der Waals surface area contributed by atoms with Crippen molar-refractivity contribution < 1.29 is 0 Å². The lowest BCUT2D eigenvalue weighted by molar-refractivity contribution is 0.516. The second-order valence-electron chi connectivity index (χ2n) is 4.36. The monoisotopic (exact) mass is 268 g/mol. The molecule has 1 saturated heterocycles. The van der Waals surface area contributed by atoms with Gasteiger partial charge in [0.25, 0.3) is 0 Å². The molecule has 15 heavy (non-hydrogen) atoms. The van der Waals surface area contributed by atoms with Crippen molar-refractivity contribution in [1.82, 2.24) is 10.3 Å². The maximum Gasteiger partial charge on any atom is 0.0410 e. The van der Waals surface area contributed by atoms with Gasteiger partial charge >= 0.3 is 0 Å². The first-order valence-corrected chi connectivity index (χ1v) is 6.36. The Labute approximate surface area is 99.6 Å². The zero-order valence-electron chi connectivity index (χ0n) is 9.20. The van der Waals surface area contributed by atoms with E-state index in [2.05, 4.69) is 46.1 Å². The van der Waals surface area contributed by atoms with Crippen molar-refractivity contribution >= 4 is 15.9 Å². The molecule has 1 aromatic heterocycles. The maximum absolute atomic E-state index is 4.25. The number of aromatic nitrogens is 1. The molecule has 0 bridgehead atoms. The SMILES string of the molecule is CCC1NC(C)CC1c1cncc(Br)c1. The molecule has 2 rings (SSSR count). The topological polar surface area (TPSA) is 24.9 Å². The molecule has 0 aliphatic carbocycles. The van der Waals surface area contributed by atoms with E-state index >= 15 is 0 Å². The fourth-order valence-electron chi connectivity index (χ4n) is 2.50. The molecule has 1 fully saturated rings. The van der Waals surface area contributed by atoms with Crippen LogP contribution in [0, 0.1) is 0 Å². The molecule has 0 saturated carbocycles. The third-order valence-corrected chi connectivity index (χ3v) is 3.62. The Bertz CT molecular complexity index is 340. The normalized spacial score (nSPS) is 30.7. The van der Waals surface area contributed by atoms with Crippen molar-refractivity contribution in [2.45, 2.75) is 44.7 Å². The summed E-state index contributed by atoms with van der Waals surface area (Å²) in [4.78, 5) is 4.25. The van der Waals surface area contributed by atoms with Gasteiger partial charge in [-0.15, -0.1) is 0 Å². The average molecular weight is 269 g/mol. The molecular weight excluding hydrogens is 252 g/mol. The Kier molecular flexibility index (Phi) is 3.42. The van der Waals surface area contributed by atoms with E-state index in [1.807, 2.05) is 12.4 Å². The fraction of sp³-hybridized carbons (Fsp3) is 0.583. The zero-order chi connectivity index (χ0) is 10.8. The highest BCUT2D eigenvalue weighted by Gasteiger charge is 2.31. The van der Waals surface area contributed by atoms with E-state index in [0.29, 0.717) is 18.0 Å². The molecule has 0 aromatic carbocycles. The minimum atomic E-state index is 0.607.